The van der Waals surface area contributed by atoms with Crippen LogP contribution in [-0.2, 0) is 6.61 Å². The Morgan fingerprint density at radius 2 is 1.91 bits per heavy atom. The third-order valence-electron chi connectivity index (χ3n) is 3.84. The van der Waals surface area contributed by atoms with Gasteiger partial charge in [-0.2, -0.15) is 5.10 Å². The molecule has 2 aromatic heterocycles. The van der Waals surface area contributed by atoms with E-state index in [1.54, 1.807) is 0 Å². The van der Waals surface area contributed by atoms with E-state index in [2.05, 4.69) is 10.2 Å². The van der Waals surface area contributed by atoms with Crippen molar-refractivity contribution in [2.75, 3.05) is 0 Å². The molecule has 0 aliphatic rings. The highest BCUT2D eigenvalue weighted by molar-refractivity contribution is 7.15. The first-order valence-corrected chi connectivity index (χ1v) is 8.04. The fraction of sp³-hybridized carbons (Fsp3) is 0.0556. The smallest absolute Gasteiger partial charge is 0.132 e. The van der Waals surface area contributed by atoms with Crippen LogP contribution in [0.25, 0.3) is 32.6 Å². The van der Waals surface area contributed by atoms with Crippen molar-refractivity contribution in [1.29, 1.82) is 0 Å². The minimum absolute atomic E-state index is 0.0388. The number of hydrogen-bond acceptors (Lipinski definition) is 4. The fourth-order valence-electron chi connectivity index (χ4n) is 2.66. The third-order valence-corrected chi connectivity index (χ3v) is 4.94. The Labute approximate surface area is 136 Å². The van der Waals surface area contributed by atoms with Crippen molar-refractivity contribution in [2.45, 2.75) is 6.61 Å². The average molecular weight is 322 g/mol. The summed E-state index contributed by atoms with van der Waals surface area (Å²) in [5.74, 6) is 0.239. The van der Waals surface area contributed by atoms with Crippen molar-refractivity contribution in [3.8, 4) is 27.6 Å². The molecule has 0 saturated carbocycles. The highest BCUT2D eigenvalue weighted by Crippen LogP contribution is 2.36. The van der Waals surface area contributed by atoms with Crippen molar-refractivity contribution in [2.24, 2.45) is 0 Å². The molecule has 4 aromatic rings. The first kappa shape index (κ1) is 14.0. The van der Waals surface area contributed by atoms with Crippen LogP contribution in [0, 0.1) is 0 Å². The summed E-state index contributed by atoms with van der Waals surface area (Å²) in [7, 11) is 0. The lowest BCUT2D eigenvalue weighted by atomic mass is 10.0. The van der Waals surface area contributed by atoms with Crippen LogP contribution in [0.4, 0.5) is 0 Å². The van der Waals surface area contributed by atoms with Crippen LogP contribution in [0.15, 0.2) is 54.6 Å². The van der Waals surface area contributed by atoms with Crippen molar-refractivity contribution < 1.29 is 10.2 Å². The van der Waals surface area contributed by atoms with Crippen molar-refractivity contribution >= 4 is 22.1 Å². The molecule has 4 rings (SSSR count). The van der Waals surface area contributed by atoms with Gasteiger partial charge in [0.05, 0.1) is 22.9 Å². The maximum atomic E-state index is 10.5. The molecule has 2 aromatic carbocycles. The maximum absolute atomic E-state index is 10.5. The van der Waals surface area contributed by atoms with Gasteiger partial charge in [0, 0.05) is 15.8 Å². The predicted molar refractivity (Wildman–Crippen MR) is 92.4 cm³/mol. The lowest BCUT2D eigenvalue weighted by Gasteiger charge is -2.05. The monoisotopic (exact) mass is 322 g/mol. The summed E-state index contributed by atoms with van der Waals surface area (Å²) < 4.78 is 0. The number of phenolic OH excluding ortho intramolecular Hbond substituents is 1. The summed E-state index contributed by atoms with van der Waals surface area (Å²) in [6.45, 7) is 0.0388. The summed E-state index contributed by atoms with van der Waals surface area (Å²) >= 11 is 1.52. The van der Waals surface area contributed by atoms with Gasteiger partial charge in [-0.1, -0.05) is 30.3 Å². The average Bonchev–Trinajstić information content (AvgIpc) is 3.24. The number of aromatic amines is 1. The van der Waals surface area contributed by atoms with Gasteiger partial charge < -0.3 is 10.2 Å². The van der Waals surface area contributed by atoms with Crippen molar-refractivity contribution in [3.63, 3.8) is 0 Å². The molecular weight excluding hydrogens is 308 g/mol. The molecule has 2 heterocycles. The molecule has 0 amide bonds. The molecule has 5 heteroatoms. The Morgan fingerprint density at radius 3 is 2.74 bits per heavy atom. The number of nitrogens with one attached hydrogen (secondary N) is 1. The number of nitrogens with zero attached hydrogens (tertiary/aromatic N) is 1. The number of hydrogen-bond donors (Lipinski definition) is 3. The molecule has 0 atom stereocenters. The van der Waals surface area contributed by atoms with Crippen LogP contribution in [0.2, 0.25) is 0 Å². The second-order valence-electron chi connectivity index (χ2n) is 5.27. The zero-order chi connectivity index (χ0) is 15.8. The van der Waals surface area contributed by atoms with E-state index >= 15 is 0 Å². The predicted octanol–water partition coefficient (Wildman–Crippen LogP) is 4.16. The number of aliphatic hydroxyl groups excluding tert-OH is 1. The van der Waals surface area contributed by atoms with Crippen LogP contribution in [0.3, 0.4) is 0 Å². The number of phenols is 1. The zero-order valence-electron chi connectivity index (χ0n) is 12.2. The molecule has 0 aliphatic carbocycles. The highest BCUT2D eigenvalue weighted by Gasteiger charge is 2.13. The first-order valence-electron chi connectivity index (χ1n) is 7.22. The Bertz CT molecular complexity index is 988. The molecule has 0 aliphatic heterocycles. The summed E-state index contributed by atoms with van der Waals surface area (Å²) in [6, 6.07) is 17.3. The summed E-state index contributed by atoms with van der Waals surface area (Å²) in [4.78, 5) is 1.91. The molecule has 3 N–H and O–H groups in total. The largest absolute Gasteiger partial charge is 0.507 e. The third kappa shape index (κ3) is 2.40. The quantitative estimate of drug-likeness (QED) is 0.530. The van der Waals surface area contributed by atoms with Crippen molar-refractivity contribution in [1.82, 2.24) is 10.2 Å². The molecular formula is C18H14N2O2S. The maximum Gasteiger partial charge on any atom is 0.132 e. The summed E-state index contributed by atoms with van der Waals surface area (Å²) in [5, 5.41) is 28.8. The van der Waals surface area contributed by atoms with E-state index in [9.17, 15) is 5.11 Å². The number of rotatable bonds is 3. The van der Waals surface area contributed by atoms with E-state index in [-0.39, 0.29) is 12.4 Å². The lowest BCUT2D eigenvalue weighted by Crippen LogP contribution is -1.81. The molecule has 0 unspecified atom stereocenters. The van der Waals surface area contributed by atoms with Gasteiger partial charge in [-0.05, 0) is 29.7 Å². The van der Waals surface area contributed by atoms with Gasteiger partial charge >= 0.3 is 0 Å². The molecule has 4 nitrogen and oxygen atoms in total. The van der Waals surface area contributed by atoms with Crippen molar-refractivity contribution in [3.05, 3.63) is 59.5 Å². The number of aromatic nitrogens is 2. The Hall–Kier alpha value is -2.63. The second kappa shape index (κ2) is 5.53. The number of benzene rings is 2. The number of H-pyrrole nitrogens is 1. The standard InChI is InChI=1S/C18H14N2O2S/c21-10-12-6-8-17(23-12)16-9-15(19-20-16)14-7-5-11-3-1-2-4-13(11)18(14)22/h1-9,21-22H,10H2,(H,19,20). The Morgan fingerprint density at radius 1 is 1.04 bits per heavy atom. The first-order chi connectivity index (χ1) is 11.3. The second-order valence-corrected chi connectivity index (χ2v) is 6.44. The summed E-state index contributed by atoms with van der Waals surface area (Å²) in [6.07, 6.45) is 0. The molecule has 0 bridgehead atoms. The van der Waals surface area contributed by atoms with E-state index in [4.69, 9.17) is 5.11 Å². The van der Waals surface area contributed by atoms with E-state index in [1.807, 2.05) is 54.6 Å². The molecule has 114 valence electrons. The van der Waals surface area contributed by atoms with Gasteiger partial charge in [0.2, 0.25) is 0 Å². The number of aromatic hydroxyl groups is 1. The van der Waals surface area contributed by atoms with Gasteiger partial charge in [-0.25, -0.2) is 0 Å². The SMILES string of the molecule is OCc1ccc(-c2cc(-c3ccc4ccccc4c3O)n[nH]2)s1. The van der Waals surface area contributed by atoms with Gasteiger partial charge in [0.25, 0.3) is 0 Å². The Balaban J connectivity index is 1.78. The molecule has 0 fully saturated rings. The minimum atomic E-state index is 0.0388. The Kier molecular flexibility index (Phi) is 3.37. The van der Waals surface area contributed by atoms with Crippen LogP contribution in [-0.4, -0.2) is 20.4 Å². The van der Waals surface area contributed by atoms with Crippen LogP contribution < -0.4 is 0 Å². The summed E-state index contributed by atoms with van der Waals surface area (Å²) in [5.41, 5.74) is 2.27. The van der Waals surface area contributed by atoms with E-state index in [0.717, 1.165) is 26.2 Å². The van der Waals surface area contributed by atoms with Crippen LogP contribution in [0.5, 0.6) is 5.75 Å². The van der Waals surface area contributed by atoms with Crippen LogP contribution in [0.1, 0.15) is 4.88 Å². The zero-order valence-corrected chi connectivity index (χ0v) is 13.0. The van der Waals surface area contributed by atoms with Gasteiger partial charge in [0.1, 0.15) is 5.75 Å². The van der Waals surface area contributed by atoms with E-state index in [1.165, 1.54) is 11.3 Å². The lowest BCUT2D eigenvalue weighted by molar-refractivity contribution is 0.285. The molecule has 23 heavy (non-hydrogen) atoms. The normalized spacial score (nSPS) is 11.2. The minimum Gasteiger partial charge on any atom is -0.507 e. The van der Waals surface area contributed by atoms with E-state index < -0.39 is 0 Å². The fourth-order valence-corrected chi connectivity index (χ4v) is 3.49. The number of aliphatic hydroxyl groups is 1. The van der Waals surface area contributed by atoms with Gasteiger partial charge in [-0.3, -0.25) is 5.10 Å². The van der Waals surface area contributed by atoms with Gasteiger partial charge in [-0.15, -0.1) is 11.3 Å². The topological polar surface area (TPSA) is 69.1 Å². The molecule has 0 radical (unpaired) electrons. The highest BCUT2D eigenvalue weighted by atomic mass is 32.1. The van der Waals surface area contributed by atoms with E-state index in [0.29, 0.717) is 11.3 Å². The van der Waals surface area contributed by atoms with Crippen LogP contribution >= 0.6 is 11.3 Å². The number of fused-ring (bicyclic) bond motifs is 1. The van der Waals surface area contributed by atoms with Gasteiger partial charge in [0.15, 0.2) is 0 Å². The molecule has 0 saturated heterocycles. The number of thiophene rings is 1. The molecule has 0 spiro atoms.